The van der Waals surface area contributed by atoms with Crippen molar-refractivity contribution in [1.82, 2.24) is 4.98 Å². The van der Waals surface area contributed by atoms with Gasteiger partial charge in [-0.05, 0) is 12.1 Å². The maximum Gasteiger partial charge on any atom is 0.339 e. The molecular formula is C10H12N2O4S2. The maximum absolute atomic E-state index is 11.5. The lowest BCUT2D eigenvalue weighted by molar-refractivity contribution is 0.0530. The molecule has 8 heteroatoms. The van der Waals surface area contributed by atoms with Crippen LogP contribution in [0.4, 0.5) is 0 Å². The molecule has 0 aliphatic carbocycles. The minimum atomic E-state index is -0.373. The van der Waals surface area contributed by atoms with Gasteiger partial charge in [-0.25, -0.2) is 4.79 Å². The Morgan fingerprint density at radius 2 is 2.11 bits per heavy atom. The zero-order valence-electron chi connectivity index (χ0n) is 9.48. The SMILES string of the molecule is O=NOCCSSCCOC(=O)c1cccnc1. The summed E-state index contributed by atoms with van der Waals surface area (Å²) in [4.78, 5) is 29.2. The molecule has 1 rings (SSSR count). The van der Waals surface area contributed by atoms with E-state index in [2.05, 4.69) is 15.2 Å². The van der Waals surface area contributed by atoms with Gasteiger partial charge in [0.25, 0.3) is 0 Å². The fourth-order valence-corrected chi connectivity index (χ4v) is 2.61. The summed E-state index contributed by atoms with van der Waals surface area (Å²) in [5, 5.41) is 2.28. The van der Waals surface area contributed by atoms with Crippen LogP contribution in [0.2, 0.25) is 0 Å². The van der Waals surface area contributed by atoms with Gasteiger partial charge in [-0.3, -0.25) is 4.98 Å². The Kier molecular flexibility index (Phi) is 7.98. The average molecular weight is 288 g/mol. The number of ether oxygens (including phenoxy) is 1. The summed E-state index contributed by atoms with van der Waals surface area (Å²) in [7, 11) is 3.07. The lowest BCUT2D eigenvalue weighted by Crippen LogP contribution is -2.07. The van der Waals surface area contributed by atoms with E-state index in [4.69, 9.17) is 4.74 Å². The number of hydrogen-bond donors (Lipinski definition) is 0. The van der Waals surface area contributed by atoms with Gasteiger partial charge in [0.05, 0.1) is 5.56 Å². The van der Waals surface area contributed by atoms with Crippen LogP contribution in [0.25, 0.3) is 0 Å². The number of carbonyl (C=O) groups excluding carboxylic acids is 1. The molecule has 0 spiro atoms. The molecule has 0 saturated carbocycles. The predicted octanol–water partition coefficient (Wildman–Crippen LogP) is 2.32. The Morgan fingerprint density at radius 3 is 2.78 bits per heavy atom. The van der Waals surface area contributed by atoms with E-state index >= 15 is 0 Å². The van der Waals surface area contributed by atoms with Gasteiger partial charge in [-0.2, -0.15) is 0 Å². The second kappa shape index (κ2) is 9.72. The number of esters is 1. The molecule has 0 N–H and O–H groups in total. The quantitative estimate of drug-likeness (QED) is 0.227. The number of nitrogens with zero attached hydrogens (tertiary/aromatic N) is 2. The molecule has 1 aromatic heterocycles. The summed E-state index contributed by atoms with van der Waals surface area (Å²) < 4.78 is 5.04. The van der Waals surface area contributed by atoms with Crippen LogP contribution in [0.1, 0.15) is 10.4 Å². The van der Waals surface area contributed by atoms with Crippen molar-refractivity contribution in [2.45, 2.75) is 0 Å². The third-order valence-electron chi connectivity index (χ3n) is 1.69. The van der Waals surface area contributed by atoms with E-state index in [0.29, 0.717) is 23.7 Å². The average Bonchev–Trinajstić information content (AvgIpc) is 2.42. The summed E-state index contributed by atoms with van der Waals surface area (Å²) in [6, 6.07) is 3.34. The summed E-state index contributed by atoms with van der Waals surface area (Å²) in [5.74, 6) is 0.959. The summed E-state index contributed by atoms with van der Waals surface area (Å²) in [6.45, 7) is 0.620. The molecule has 0 amide bonds. The first kappa shape index (κ1) is 14.8. The first-order chi connectivity index (χ1) is 8.84. The molecular weight excluding hydrogens is 276 g/mol. The van der Waals surface area contributed by atoms with Gasteiger partial charge in [-0.1, -0.05) is 21.6 Å². The highest BCUT2D eigenvalue weighted by Gasteiger charge is 2.05. The zero-order chi connectivity index (χ0) is 13.1. The predicted molar refractivity (Wildman–Crippen MR) is 71.2 cm³/mol. The van der Waals surface area contributed by atoms with Crippen LogP contribution in [-0.2, 0) is 9.57 Å². The molecule has 0 aliphatic rings. The van der Waals surface area contributed by atoms with Crippen LogP contribution in [0.5, 0.6) is 0 Å². The van der Waals surface area contributed by atoms with Crippen molar-refractivity contribution >= 4 is 27.6 Å². The Hall–Kier alpha value is -1.28. The fourth-order valence-electron chi connectivity index (χ4n) is 0.962. The van der Waals surface area contributed by atoms with Crippen LogP contribution in [0.15, 0.2) is 29.9 Å². The van der Waals surface area contributed by atoms with Crippen molar-refractivity contribution in [3.63, 3.8) is 0 Å². The first-order valence-electron chi connectivity index (χ1n) is 5.11. The zero-order valence-corrected chi connectivity index (χ0v) is 11.1. The number of rotatable bonds is 9. The smallest absolute Gasteiger partial charge is 0.339 e. The van der Waals surface area contributed by atoms with E-state index in [9.17, 15) is 9.70 Å². The second-order valence-electron chi connectivity index (χ2n) is 2.93. The van der Waals surface area contributed by atoms with Gasteiger partial charge in [-0.15, -0.1) is 4.91 Å². The molecule has 0 bridgehead atoms. The van der Waals surface area contributed by atoms with Gasteiger partial charge in [0.15, 0.2) is 5.34 Å². The lowest BCUT2D eigenvalue weighted by Gasteiger charge is -2.03. The van der Waals surface area contributed by atoms with Gasteiger partial charge >= 0.3 is 5.97 Å². The molecule has 1 heterocycles. The van der Waals surface area contributed by atoms with Crippen LogP contribution < -0.4 is 0 Å². The Labute approximate surface area is 112 Å². The molecule has 1 aromatic rings. The third kappa shape index (κ3) is 6.45. The van der Waals surface area contributed by atoms with Crippen LogP contribution in [0.3, 0.4) is 0 Å². The van der Waals surface area contributed by atoms with E-state index < -0.39 is 0 Å². The van der Waals surface area contributed by atoms with Crippen molar-refractivity contribution in [3.8, 4) is 0 Å². The standard InChI is InChI=1S/C10H12N2O4S2/c13-10(9-2-1-3-11-8-9)15-4-6-17-18-7-5-16-12-14/h1-3,8H,4-7H2. The highest BCUT2D eigenvalue weighted by molar-refractivity contribution is 8.76. The van der Waals surface area contributed by atoms with Gasteiger partial charge < -0.3 is 9.57 Å². The van der Waals surface area contributed by atoms with E-state index in [0.717, 1.165) is 0 Å². The van der Waals surface area contributed by atoms with E-state index in [1.807, 2.05) is 0 Å². The van der Waals surface area contributed by atoms with Crippen molar-refractivity contribution in [2.24, 2.45) is 5.34 Å². The molecule has 18 heavy (non-hydrogen) atoms. The van der Waals surface area contributed by atoms with E-state index in [-0.39, 0.29) is 12.6 Å². The molecule has 0 fully saturated rings. The summed E-state index contributed by atoms with van der Waals surface area (Å²) >= 11 is 0. The Morgan fingerprint density at radius 1 is 1.33 bits per heavy atom. The molecule has 0 radical (unpaired) electrons. The van der Waals surface area contributed by atoms with E-state index in [1.54, 1.807) is 29.1 Å². The molecule has 6 nitrogen and oxygen atoms in total. The lowest BCUT2D eigenvalue weighted by atomic mass is 10.3. The van der Waals surface area contributed by atoms with Crippen LogP contribution >= 0.6 is 21.6 Å². The molecule has 0 unspecified atom stereocenters. The Bertz CT molecular complexity index is 364. The highest BCUT2D eigenvalue weighted by Crippen LogP contribution is 2.20. The number of pyridine rings is 1. The van der Waals surface area contributed by atoms with Crippen LogP contribution in [0, 0.1) is 4.91 Å². The third-order valence-corrected chi connectivity index (χ3v) is 4.02. The second-order valence-corrected chi connectivity index (χ2v) is 5.63. The summed E-state index contributed by atoms with van der Waals surface area (Å²) in [5.41, 5.74) is 0.445. The highest BCUT2D eigenvalue weighted by atomic mass is 33.1. The van der Waals surface area contributed by atoms with Gasteiger partial charge in [0.2, 0.25) is 0 Å². The van der Waals surface area contributed by atoms with Crippen molar-refractivity contribution in [2.75, 3.05) is 24.7 Å². The maximum atomic E-state index is 11.5. The molecule has 0 aromatic carbocycles. The van der Waals surface area contributed by atoms with E-state index in [1.165, 1.54) is 17.0 Å². The summed E-state index contributed by atoms with van der Waals surface area (Å²) in [6.07, 6.45) is 3.06. The molecule has 0 aliphatic heterocycles. The topological polar surface area (TPSA) is 77.9 Å². The first-order valence-corrected chi connectivity index (χ1v) is 7.59. The van der Waals surface area contributed by atoms with Crippen molar-refractivity contribution in [1.29, 1.82) is 0 Å². The Balaban J connectivity index is 2.01. The largest absolute Gasteiger partial charge is 0.461 e. The normalized spacial score (nSPS) is 9.78. The minimum absolute atomic E-state index is 0.288. The minimum Gasteiger partial charge on any atom is -0.461 e. The molecule has 98 valence electrons. The van der Waals surface area contributed by atoms with Gasteiger partial charge in [0.1, 0.15) is 13.2 Å². The molecule has 0 saturated heterocycles. The number of aromatic nitrogens is 1. The van der Waals surface area contributed by atoms with Crippen molar-refractivity contribution < 1.29 is 14.4 Å². The van der Waals surface area contributed by atoms with Crippen LogP contribution in [-0.4, -0.2) is 35.7 Å². The number of carbonyl (C=O) groups is 1. The fraction of sp³-hybridized carbons (Fsp3) is 0.400. The monoisotopic (exact) mass is 288 g/mol. The van der Waals surface area contributed by atoms with Gasteiger partial charge in [0, 0.05) is 23.9 Å². The number of hydrogen-bond acceptors (Lipinski definition) is 8. The van der Waals surface area contributed by atoms with Crippen molar-refractivity contribution in [3.05, 3.63) is 35.0 Å². The molecule has 0 atom stereocenters.